The number of likely N-dealkylation sites (N-methyl/N-ethyl adjacent to an activating group) is 1. The number of carbonyl (C=O) groups is 1. The Bertz CT molecular complexity index is 346. The second-order valence-corrected chi connectivity index (χ2v) is 7.52. The molecule has 2 atom stereocenters. The third-order valence-electron chi connectivity index (χ3n) is 4.97. The molecule has 0 aromatic heterocycles. The number of hydrogen-bond donors (Lipinski definition) is 1. The van der Waals surface area contributed by atoms with Crippen molar-refractivity contribution < 1.29 is 4.79 Å². The van der Waals surface area contributed by atoms with Crippen LogP contribution in [0.4, 0.5) is 0 Å². The quantitative estimate of drug-likeness (QED) is 0.752. The fourth-order valence-corrected chi connectivity index (χ4v) is 2.63. The Morgan fingerprint density at radius 3 is 2.62 bits per heavy atom. The molecule has 5 heteroatoms. The second-order valence-electron chi connectivity index (χ2n) is 7.52. The molecule has 1 saturated heterocycles. The monoisotopic (exact) mass is 293 g/mol. The van der Waals surface area contributed by atoms with Gasteiger partial charge in [0.15, 0.2) is 0 Å². The Hall–Kier alpha value is -0.545. The van der Waals surface area contributed by atoms with Crippen LogP contribution in [0.15, 0.2) is 0 Å². The zero-order valence-corrected chi connectivity index (χ0v) is 14.6. The van der Waals surface area contributed by atoms with Gasteiger partial charge in [-0.25, -0.2) is 0 Å². The summed E-state index contributed by atoms with van der Waals surface area (Å²) < 4.78 is 0. The average molecular weight is 293 g/mol. The molecule has 0 bridgehead atoms. The van der Waals surface area contributed by atoms with Crippen molar-refractivity contribution in [2.75, 3.05) is 33.2 Å². The number of rotatable bonds is 6. The zero-order chi connectivity index (χ0) is 16.2. The van der Waals surface area contributed by atoms with E-state index in [9.17, 15) is 4.79 Å². The van der Waals surface area contributed by atoms with E-state index in [-0.39, 0.29) is 17.4 Å². The predicted molar refractivity (Wildman–Crippen MR) is 89.6 cm³/mol. The van der Waals surface area contributed by atoms with Crippen LogP contribution in [0.2, 0.25) is 6.32 Å². The van der Waals surface area contributed by atoms with Gasteiger partial charge in [0.2, 0.25) is 5.91 Å². The van der Waals surface area contributed by atoms with Gasteiger partial charge in [-0.3, -0.25) is 9.69 Å². The Morgan fingerprint density at radius 1 is 1.48 bits per heavy atom. The number of nitrogens with zero attached hydrogens (tertiary/aromatic N) is 2. The van der Waals surface area contributed by atoms with Crippen molar-refractivity contribution in [1.29, 1.82) is 0 Å². The van der Waals surface area contributed by atoms with Gasteiger partial charge in [-0.1, -0.05) is 34.0 Å². The van der Waals surface area contributed by atoms with Crippen LogP contribution in [-0.4, -0.2) is 68.9 Å². The Labute approximate surface area is 132 Å². The van der Waals surface area contributed by atoms with Crippen LogP contribution in [0, 0.1) is 11.3 Å². The van der Waals surface area contributed by atoms with Crippen LogP contribution in [0.5, 0.6) is 0 Å². The topological polar surface area (TPSA) is 35.6 Å². The van der Waals surface area contributed by atoms with E-state index in [2.05, 4.69) is 44.8 Å². The van der Waals surface area contributed by atoms with Crippen LogP contribution in [-0.2, 0) is 4.79 Å². The van der Waals surface area contributed by atoms with Crippen LogP contribution < -0.4 is 5.32 Å². The molecular weight excluding hydrogens is 261 g/mol. The van der Waals surface area contributed by atoms with Gasteiger partial charge < -0.3 is 10.2 Å². The van der Waals surface area contributed by atoms with Crippen molar-refractivity contribution in [2.45, 2.75) is 53.0 Å². The molecule has 1 N–H and O–H groups in total. The first-order valence-corrected chi connectivity index (χ1v) is 8.08. The third kappa shape index (κ3) is 5.30. The van der Waals surface area contributed by atoms with Crippen molar-refractivity contribution >= 4 is 13.8 Å². The fourth-order valence-electron chi connectivity index (χ4n) is 2.63. The SMILES string of the molecule is [B]C[C@H]1CN[C@H](C)CN1CC(=O)N(C)CC(C)(C)C(C)C. The van der Waals surface area contributed by atoms with Gasteiger partial charge in [-0.2, -0.15) is 0 Å². The van der Waals surface area contributed by atoms with E-state index in [1.807, 2.05) is 11.9 Å². The largest absolute Gasteiger partial charge is 0.344 e. The number of nitrogens with one attached hydrogen (secondary N) is 1. The predicted octanol–water partition coefficient (Wildman–Crippen LogP) is 1.38. The molecule has 0 spiro atoms. The van der Waals surface area contributed by atoms with E-state index in [0.717, 1.165) is 19.6 Å². The van der Waals surface area contributed by atoms with Crippen molar-refractivity contribution in [1.82, 2.24) is 15.1 Å². The Morgan fingerprint density at radius 2 is 2.10 bits per heavy atom. The second kappa shape index (κ2) is 7.64. The number of amides is 1. The van der Waals surface area contributed by atoms with Gasteiger partial charge in [-0.15, -0.1) is 0 Å². The summed E-state index contributed by atoms with van der Waals surface area (Å²) in [6.45, 7) is 14.0. The van der Waals surface area contributed by atoms with Crippen molar-refractivity contribution in [2.24, 2.45) is 11.3 Å². The van der Waals surface area contributed by atoms with E-state index in [0.29, 0.717) is 24.8 Å². The third-order valence-corrected chi connectivity index (χ3v) is 4.97. The summed E-state index contributed by atoms with van der Waals surface area (Å²) in [6, 6.07) is 0.676. The molecule has 0 saturated carbocycles. The standard InChI is InChI=1S/C16H32BN3O/c1-12(2)16(4,5)11-19(6)15(21)10-20-9-13(3)18-8-14(20)7-17/h12-14,18H,7-11H2,1-6H3/t13-,14+/m1/s1. The maximum Gasteiger partial charge on any atom is 0.236 e. The molecule has 1 amide bonds. The smallest absolute Gasteiger partial charge is 0.236 e. The van der Waals surface area contributed by atoms with Gasteiger partial charge in [0.1, 0.15) is 0 Å². The Kier molecular flexibility index (Phi) is 6.73. The number of carbonyl (C=O) groups excluding carboxylic acids is 1. The van der Waals surface area contributed by atoms with E-state index < -0.39 is 0 Å². The molecule has 4 nitrogen and oxygen atoms in total. The highest BCUT2D eigenvalue weighted by atomic mass is 16.2. The molecule has 1 rings (SSSR count). The minimum atomic E-state index is 0.133. The van der Waals surface area contributed by atoms with Crippen LogP contribution in [0.1, 0.15) is 34.6 Å². The maximum absolute atomic E-state index is 12.5. The summed E-state index contributed by atoms with van der Waals surface area (Å²) in [5.74, 6) is 0.736. The lowest BCUT2D eigenvalue weighted by Crippen LogP contribution is -2.57. The van der Waals surface area contributed by atoms with Crippen molar-refractivity contribution in [3.63, 3.8) is 0 Å². The van der Waals surface area contributed by atoms with Gasteiger partial charge in [0.25, 0.3) is 0 Å². The minimum Gasteiger partial charge on any atom is -0.344 e. The summed E-state index contributed by atoms with van der Waals surface area (Å²) >= 11 is 0. The summed E-state index contributed by atoms with van der Waals surface area (Å²) in [4.78, 5) is 16.6. The van der Waals surface area contributed by atoms with Crippen molar-refractivity contribution in [3.8, 4) is 0 Å². The average Bonchev–Trinajstić information content (AvgIpc) is 2.38. The lowest BCUT2D eigenvalue weighted by Gasteiger charge is -2.40. The van der Waals surface area contributed by atoms with Crippen molar-refractivity contribution in [3.05, 3.63) is 0 Å². The summed E-state index contributed by atoms with van der Waals surface area (Å²) in [7, 11) is 7.74. The van der Waals surface area contributed by atoms with Crippen LogP contribution >= 0.6 is 0 Å². The molecule has 1 aliphatic rings. The molecule has 21 heavy (non-hydrogen) atoms. The highest BCUT2D eigenvalue weighted by Gasteiger charge is 2.29. The Balaban J connectivity index is 2.58. The first-order valence-electron chi connectivity index (χ1n) is 8.08. The fraction of sp³-hybridized carbons (Fsp3) is 0.938. The first-order chi connectivity index (χ1) is 9.67. The lowest BCUT2D eigenvalue weighted by atomic mass is 9.81. The molecule has 0 aromatic carbocycles. The summed E-state index contributed by atoms with van der Waals surface area (Å²) in [6.07, 6.45) is 0.591. The molecule has 2 radical (unpaired) electrons. The van der Waals surface area contributed by atoms with Gasteiger partial charge >= 0.3 is 0 Å². The zero-order valence-electron chi connectivity index (χ0n) is 14.6. The molecule has 0 aromatic rings. The van der Waals surface area contributed by atoms with Crippen LogP contribution in [0.25, 0.3) is 0 Å². The van der Waals surface area contributed by atoms with E-state index >= 15 is 0 Å². The number of piperazine rings is 1. The maximum atomic E-state index is 12.5. The summed E-state index contributed by atoms with van der Waals surface area (Å²) in [5, 5.41) is 3.42. The molecule has 120 valence electrons. The normalized spacial score (nSPS) is 24.3. The molecule has 0 unspecified atom stereocenters. The molecule has 1 heterocycles. The van der Waals surface area contributed by atoms with E-state index in [4.69, 9.17) is 7.85 Å². The van der Waals surface area contributed by atoms with E-state index in [1.165, 1.54) is 0 Å². The molecule has 1 fully saturated rings. The molecule has 1 aliphatic heterocycles. The van der Waals surface area contributed by atoms with Gasteiger partial charge in [-0.05, 0) is 18.3 Å². The number of hydrogen-bond acceptors (Lipinski definition) is 3. The lowest BCUT2D eigenvalue weighted by molar-refractivity contribution is -0.133. The van der Waals surface area contributed by atoms with Crippen LogP contribution in [0.3, 0.4) is 0 Å². The summed E-state index contributed by atoms with van der Waals surface area (Å²) in [5.41, 5.74) is 0.133. The highest BCUT2D eigenvalue weighted by Crippen LogP contribution is 2.26. The van der Waals surface area contributed by atoms with Gasteiger partial charge in [0.05, 0.1) is 14.4 Å². The first kappa shape index (κ1) is 18.5. The van der Waals surface area contributed by atoms with E-state index in [1.54, 1.807) is 0 Å². The minimum absolute atomic E-state index is 0.133. The molecule has 0 aliphatic carbocycles. The van der Waals surface area contributed by atoms with Gasteiger partial charge in [0, 0.05) is 38.8 Å². The molecular formula is C16H32BN3O. The highest BCUT2D eigenvalue weighted by molar-refractivity contribution is 6.09.